The van der Waals surface area contributed by atoms with Crippen molar-refractivity contribution < 1.29 is 19.1 Å². The van der Waals surface area contributed by atoms with E-state index in [1.807, 2.05) is 13.8 Å². The smallest absolute Gasteiger partial charge is 0.255 e. The van der Waals surface area contributed by atoms with E-state index in [0.717, 1.165) is 5.56 Å². The first kappa shape index (κ1) is 18.3. The van der Waals surface area contributed by atoms with Crippen LogP contribution in [0.1, 0.15) is 33.2 Å². The number of nitrogens with one attached hydrogen (secondary N) is 2. The summed E-state index contributed by atoms with van der Waals surface area (Å²) < 4.78 is 10.6. The Bertz CT molecular complexity index is 762. The van der Waals surface area contributed by atoms with Crippen molar-refractivity contribution >= 4 is 17.5 Å². The van der Waals surface area contributed by atoms with E-state index in [-0.39, 0.29) is 11.8 Å². The normalized spacial score (nSPS) is 10.1. The maximum absolute atomic E-state index is 12.5. The molecule has 0 fully saturated rings. The van der Waals surface area contributed by atoms with Crippen LogP contribution in [0, 0.1) is 6.92 Å². The standard InChI is InChI=1S/C19H22N2O4/c1-5-20-18(22)13-7-6-8-15(9-13)21-19(23)14-10-16(24-3)12(2)17(11-14)25-4/h6-11H,5H2,1-4H3,(H,20,22)(H,21,23). The summed E-state index contributed by atoms with van der Waals surface area (Å²) in [6.45, 7) is 4.25. The van der Waals surface area contributed by atoms with Gasteiger partial charge in [0, 0.05) is 28.9 Å². The van der Waals surface area contributed by atoms with Crippen LogP contribution >= 0.6 is 0 Å². The number of benzene rings is 2. The first-order valence-electron chi connectivity index (χ1n) is 7.92. The minimum Gasteiger partial charge on any atom is -0.496 e. The summed E-state index contributed by atoms with van der Waals surface area (Å²) in [6.07, 6.45) is 0. The SMILES string of the molecule is CCNC(=O)c1cccc(NC(=O)c2cc(OC)c(C)c(OC)c2)c1. The fourth-order valence-electron chi connectivity index (χ4n) is 2.42. The van der Waals surface area contributed by atoms with Crippen molar-refractivity contribution in [3.05, 3.63) is 53.1 Å². The van der Waals surface area contributed by atoms with Crippen LogP contribution in [-0.4, -0.2) is 32.6 Å². The fraction of sp³-hybridized carbons (Fsp3) is 0.263. The molecular weight excluding hydrogens is 320 g/mol. The zero-order chi connectivity index (χ0) is 18.4. The van der Waals surface area contributed by atoms with E-state index >= 15 is 0 Å². The maximum Gasteiger partial charge on any atom is 0.255 e. The topological polar surface area (TPSA) is 76.7 Å². The van der Waals surface area contributed by atoms with Gasteiger partial charge in [-0.15, -0.1) is 0 Å². The Kier molecular flexibility index (Phi) is 6.00. The molecule has 0 spiro atoms. The van der Waals surface area contributed by atoms with Gasteiger partial charge in [-0.25, -0.2) is 0 Å². The molecule has 2 aromatic rings. The predicted octanol–water partition coefficient (Wildman–Crippen LogP) is 3.01. The Morgan fingerprint density at radius 2 is 1.60 bits per heavy atom. The molecule has 2 N–H and O–H groups in total. The number of carbonyl (C=O) groups excluding carboxylic acids is 2. The van der Waals surface area contributed by atoms with E-state index in [1.165, 1.54) is 0 Å². The molecule has 0 radical (unpaired) electrons. The lowest BCUT2D eigenvalue weighted by molar-refractivity contribution is 0.0954. The summed E-state index contributed by atoms with van der Waals surface area (Å²) in [5, 5.41) is 5.51. The van der Waals surface area contributed by atoms with Crippen molar-refractivity contribution in [1.82, 2.24) is 5.32 Å². The summed E-state index contributed by atoms with van der Waals surface area (Å²) in [5.41, 5.74) is 2.24. The van der Waals surface area contributed by atoms with Crippen LogP contribution in [0.5, 0.6) is 11.5 Å². The van der Waals surface area contributed by atoms with Gasteiger partial charge in [0.1, 0.15) is 11.5 Å². The van der Waals surface area contributed by atoms with Crippen LogP contribution in [0.2, 0.25) is 0 Å². The van der Waals surface area contributed by atoms with Crippen LogP contribution in [0.25, 0.3) is 0 Å². The zero-order valence-electron chi connectivity index (χ0n) is 14.8. The molecule has 0 atom stereocenters. The number of rotatable bonds is 6. The molecule has 0 unspecified atom stereocenters. The number of hydrogen-bond donors (Lipinski definition) is 2. The van der Waals surface area contributed by atoms with Crippen molar-refractivity contribution in [2.75, 3.05) is 26.1 Å². The molecule has 2 aromatic carbocycles. The number of ether oxygens (including phenoxy) is 2. The second-order valence-electron chi connectivity index (χ2n) is 5.40. The number of amides is 2. The van der Waals surface area contributed by atoms with Gasteiger partial charge < -0.3 is 20.1 Å². The van der Waals surface area contributed by atoms with Gasteiger partial charge >= 0.3 is 0 Å². The lowest BCUT2D eigenvalue weighted by Crippen LogP contribution is -2.22. The Morgan fingerprint density at radius 3 is 2.16 bits per heavy atom. The van der Waals surface area contributed by atoms with Gasteiger partial charge in [-0.1, -0.05) is 6.07 Å². The van der Waals surface area contributed by atoms with E-state index < -0.39 is 0 Å². The number of anilines is 1. The Balaban J connectivity index is 2.25. The summed E-state index contributed by atoms with van der Waals surface area (Å²) in [7, 11) is 3.08. The molecule has 0 aromatic heterocycles. The molecule has 132 valence electrons. The molecule has 6 nitrogen and oxygen atoms in total. The average molecular weight is 342 g/mol. The van der Waals surface area contributed by atoms with Gasteiger partial charge in [0.05, 0.1) is 14.2 Å². The molecular formula is C19H22N2O4. The van der Waals surface area contributed by atoms with Crippen LogP contribution in [0.4, 0.5) is 5.69 Å². The van der Waals surface area contributed by atoms with Crippen LogP contribution < -0.4 is 20.1 Å². The Labute approximate surface area is 147 Å². The molecule has 0 saturated carbocycles. The highest BCUT2D eigenvalue weighted by molar-refractivity contribution is 6.05. The molecule has 0 bridgehead atoms. The highest BCUT2D eigenvalue weighted by Crippen LogP contribution is 2.29. The van der Waals surface area contributed by atoms with E-state index in [0.29, 0.717) is 34.9 Å². The summed E-state index contributed by atoms with van der Waals surface area (Å²) >= 11 is 0. The van der Waals surface area contributed by atoms with E-state index in [9.17, 15) is 9.59 Å². The summed E-state index contributed by atoms with van der Waals surface area (Å²) in [5.74, 6) is 0.642. The van der Waals surface area contributed by atoms with Gasteiger partial charge in [0.25, 0.3) is 11.8 Å². The van der Waals surface area contributed by atoms with Crippen molar-refractivity contribution in [2.45, 2.75) is 13.8 Å². The van der Waals surface area contributed by atoms with Gasteiger partial charge in [-0.3, -0.25) is 9.59 Å². The molecule has 2 amide bonds. The largest absolute Gasteiger partial charge is 0.496 e. The highest BCUT2D eigenvalue weighted by Gasteiger charge is 2.14. The number of methoxy groups -OCH3 is 2. The summed E-state index contributed by atoms with van der Waals surface area (Å²) in [4.78, 5) is 24.4. The third kappa shape index (κ3) is 4.29. The quantitative estimate of drug-likeness (QED) is 0.846. The van der Waals surface area contributed by atoms with Crippen LogP contribution in [0.3, 0.4) is 0 Å². The van der Waals surface area contributed by atoms with Gasteiger partial charge in [0.15, 0.2) is 0 Å². The fourth-order valence-corrected chi connectivity index (χ4v) is 2.42. The van der Waals surface area contributed by atoms with Crippen LogP contribution in [0.15, 0.2) is 36.4 Å². The molecule has 25 heavy (non-hydrogen) atoms. The average Bonchev–Trinajstić information content (AvgIpc) is 2.62. The number of carbonyl (C=O) groups is 2. The van der Waals surface area contributed by atoms with E-state index in [4.69, 9.17) is 9.47 Å². The Hall–Kier alpha value is -3.02. The summed E-state index contributed by atoms with van der Waals surface area (Å²) in [6, 6.07) is 10.1. The molecule has 0 saturated heterocycles. The van der Waals surface area contributed by atoms with Crippen molar-refractivity contribution in [1.29, 1.82) is 0 Å². The predicted molar refractivity (Wildman–Crippen MR) is 96.7 cm³/mol. The second kappa shape index (κ2) is 8.19. The molecule has 2 rings (SSSR count). The molecule has 0 heterocycles. The minimum absolute atomic E-state index is 0.183. The molecule has 6 heteroatoms. The third-order valence-electron chi connectivity index (χ3n) is 3.73. The van der Waals surface area contributed by atoms with Crippen molar-refractivity contribution in [3.63, 3.8) is 0 Å². The third-order valence-corrected chi connectivity index (χ3v) is 3.73. The molecule has 0 aliphatic rings. The van der Waals surface area contributed by atoms with Gasteiger partial charge in [-0.2, -0.15) is 0 Å². The van der Waals surface area contributed by atoms with Gasteiger partial charge in [0.2, 0.25) is 0 Å². The van der Waals surface area contributed by atoms with Crippen molar-refractivity contribution in [2.24, 2.45) is 0 Å². The first-order chi connectivity index (χ1) is 12.0. The monoisotopic (exact) mass is 342 g/mol. The molecule has 0 aliphatic heterocycles. The van der Waals surface area contributed by atoms with E-state index in [2.05, 4.69) is 10.6 Å². The number of hydrogen-bond acceptors (Lipinski definition) is 4. The highest BCUT2D eigenvalue weighted by atomic mass is 16.5. The van der Waals surface area contributed by atoms with Gasteiger partial charge in [-0.05, 0) is 44.2 Å². The second-order valence-corrected chi connectivity index (χ2v) is 5.40. The lowest BCUT2D eigenvalue weighted by atomic mass is 10.1. The zero-order valence-corrected chi connectivity index (χ0v) is 14.8. The first-order valence-corrected chi connectivity index (χ1v) is 7.92. The van der Waals surface area contributed by atoms with Crippen LogP contribution in [-0.2, 0) is 0 Å². The minimum atomic E-state index is -0.315. The van der Waals surface area contributed by atoms with E-state index in [1.54, 1.807) is 50.6 Å². The Morgan fingerprint density at radius 1 is 0.960 bits per heavy atom. The van der Waals surface area contributed by atoms with Crippen molar-refractivity contribution in [3.8, 4) is 11.5 Å². The maximum atomic E-state index is 12.5. The lowest BCUT2D eigenvalue weighted by Gasteiger charge is -2.13. The molecule has 0 aliphatic carbocycles.